The van der Waals surface area contributed by atoms with Crippen molar-refractivity contribution in [2.45, 2.75) is 25.8 Å². The summed E-state index contributed by atoms with van der Waals surface area (Å²) in [6.45, 7) is 4.55. The summed E-state index contributed by atoms with van der Waals surface area (Å²) in [5.74, 6) is 2.54. The van der Waals surface area contributed by atoms with Crippen molar-refractivity contribution in [2.75, 3.05) is 17.6 Å². The summed E-state index contributed by atoms with van der Waals surface area (Å²) in [5.41, 5.74) is 1.24. The molecule has 8 heteroatoms. The lowest BCUT2D eigenvalue weighted by atomic mass is 10.1. The average Bonchev–Trinajstić information content (AvgIpc) is 2.65. The van der Waals surface area contributed by atoms with Gasteiger partial charge in [-0.05, 0) is 54.6 Å². The van der Waals surface area contributed by atoms with E-state index in [0.717, 1.165) is 29.0 Å². The Morgan fingerprint density at radius 1 is 1.07 bits per heavy atom. The molecule has 148 valence electrons. The van der Waals surface area contributed by atoms with E-state index < -0.39 is 11.7 Å². The number of thioether (sulfide) groups is 1. The van der Waals surface area contributed by atoms with Crippen LogP contribution < -0.4 is 5.32 Å². The minimum absolute atomic E-state index is 0.250. The van der Waals surface area contributed by atoms with Crippen LogP contribution in [0.2, 0.25) is 5.02 Å². The van der Waals surface area contributed by atoms with Gasteiger partial charge in [-0.3, -0.25) is 0 Å². The van der Waals surface area contributed by atoms with E-state index in [0.29, 0.717) is 34.3 Å². The summed E-state index contributed by atoms with van der Waals surface area (Å²) < 4.78 is 39.5. The smallest absolute Gasteiger partial charge is 0.370 e. The van der Waals surface area contributed by atoms with Crippen molar-refractivity contribution in [3.05, 3.63) is 52.5 Å². The molecule has 1 heterocycles. The van der Waals surface area contributed by atoms with E-state index in [1.807, 2.05) is 19.1 Å². The molecule has 0 amide bonds. The van der Waals surface area contributed by atoms with E-state index in [-0.39, 0.29) is 5.52 Å². The Balaban J connectivity index is 2.21. The minimum Gasteiger partial charge on any atom is -0.370 e. The second kappa shape index (κ2) is 8.57. The van der Waals surface area contributed by atoms with Gasteiger partial charge in [-0.25, -0.2) is 9.97 Å². The van der Waals surface area contributed by atoms with Crippen LogP contribution in [0.15, 0.2) is 36.4 Å². The number of hydrogen-bond acceptors (Lipinski definition) is 4. The van der Waals surface area contributed by atoms with Crippen LogP contribution in [-0.4, -0.2) is 22.3 Å². The molecule has 3 aromatic rings. The van der Waals surface area contributed by atoms with Gasteiger partial charge in [-0.1, -0.05) is 18.5 Å². The second-order valence-corrected chi connectivity index (χ2v) is 7.81. The normalized spacial score (nSPS) is 11.8. The molecule has 0 aliphatic carbocycles. The molecular formula is C20H19ClF3N3S. The molecule has 3 rings (SSSR count). The first-order chi connectivity index (χ1) is 13.3. The summed E-state index contributed by atoms with van der Waals surface area (Å²) in [4.78, 5) is 9.05. The Hall–Kier alpha value is -1.99. The van der Waals surface area contributed by atoms with Crippen LogP contribution in [0.1, 0.15) is 25.0 Å². The lowest BCUT2D eigenvalue weighted by Crippen LogP contribution is -2.07. The third kappa shape index (κ3) is 4.52. The van der Waals surface area contributed by atoms with E-state index in [2.05, 4.69) is 22.2 Å². The summed E-state index contributed by atoms with van der Waals surface area (Å²) in [6, 6.07) is 8.94. The van der Waals surface area contributed by atoms with E-state index in [9.17, 15) is 13.2 Å². The molecule has 3 nitrogen and oxygen atoms in total. The van der Waals surface area contributed by atoms with Gasteiger partial charge in [0.15, 0.2) is 5.82 Å². The number of nitrogens with zero attached hydrogens (tertiary/aromatic N) is 2. The Bertz CT molecular complexity index is 992. The molecule has 0 aliphatic heterocycles. The molecule has 0 unspecified atom stereocenters. The third-order valence-electron chi connectivity index (χ3n) is 4.14. The topological polar surface area (TPSA) is 37.8 Å². The number of alkyl halides is 3. The van der Waals surface area contributed by atoms with Gasteiger partial charge in [0, 0.05) is 28.3 Å². The quantitative estimate of drug-likeness (QED) is 0.479. The number of aromatic nitrogens is 2. The molecule has 0 spiro atoms. The van der Waals surface area contributed by atoms with Gasteiger partial charge in [0.05, 0.1) is 11.1 Å². The van der Waals surface area contributed by atoms with Crippen LogP contribution in [0, 0.1) is 0 Å². The molecule has 0 radical (unpaired) electrons. The first-order valence-corrected chi connectivity index (χ1v) is 10.4. The van der Waals surface area contributed by atoms with Gasteiger partial charge in [-0.2, -0.15) is 24.9 Å². The zero-order valence-electron chi connectivity index (χ0n) is 15.4. The predicted octanol–water partition coefficient (Wildman–Crippen LogP) is 6.65. The summed E-state index contributed by atoms with van der Waals surface area (Å²) in [6.07, 6.45) is -4.43. The second-order valence-electron chi connectivity index (χ2n) is 6.09. The highest BCUT2D eigenvalue weighted by Crippen LogP contribution is 2.34. The third-order valence-corrected chi connectivity index (χ3v) is 5.30. The Kier molecular flexibility index (Phi) is 6.35. The van der Waals surface area contributed by atoms with Crippen LogP contribution in [-0.2, 0) is 11.9 Å². The molecular weight excluding hydrogens is 407 g/mol. The summed E-state index contributed by atoms with van der Waals surface area (Å²) in [5, 5.41) is 4.28. The fraction of sp³-hybridized carbons (Fsp3) is 0.300. The number of fused-ring (bicyclic) bond motifs is 1. The molecule has 0 saturated heterocycles. The lowest BCUT2D eigenvalue weighted by molar-refractivity contribution is -0.137. The van der Waals surface area contributed by atoms with Gasteiger partial charge in [0.2, 0.25) is 0 Å². The number of halogens is 4. The minimum atomic E-state index is -4.43. The molecule has 2 aromatic carbocycles. The highest BCUT2D eigenvalue weighted by Gasteiger charge is 2.31. The highest BCUT2D eigenvalue weighted by atomic mass is 35.5. The first kappa shape index (κ1) is 20.7. The van der Waals surface area contributed by atoms with Crippen molar-refractivity contribution in [3.63, 3.8) is 0 Å². The predicted molar refractivity (Wildman–Crippen MR) is 111 cm³/mol. The Morgan fingerprint density at radius 3 is 2.54 bits per heavy atom. The number of rotatable bonds is 6. The molecule has 1 N–H and O–H groups in total. The van der Waals surface area contributed by atoms with Crippen LogP contribution in [0.4, 0.5) is 19.0 Å². The Morgan fingerprint density at radius 2 is 1.86 bits per heavy atom. The number of nitrogens with one attached hydrogen (secondary N) is 1. The van der Waals surface area contributed by atoms with Gasteiger partial charge >= 0.3 is 6.18 Å². The van der Waals surface area contributed by atoms with Crippen molar-refractivity contribution >= 4 is 40.1 Å². The maximum atomic E-state index is 13.2. The van der Waals surface area contributed by atoms with Crippen molar-refractivity contribution in [1.82, 2.24) is 9.97 Å². The van der Waals surface area contributed by atoms with E-state index >= 15 is 0 Å². The molecule has 0 fully saturated rings. The van der Waals surface area contributed by atoms with Gasteiger partial charge in [0.25, 0.3) is 0 Å². The zero-order chi connectivity index (χ0) is 20.3. The maximum Gasteiger partial charge on any atom is 0.416 e. The standard InChI is InChI=1S/C20H19ClF3N3S/c1-3-25-18-16-7-5-13(20(22,23)24)10-17(16)26-19(27-18)15-8-6-14(21)9-12(15)11-28-4-2/h5-10H,3-4,11H2,1-2H3,(H,25,26,27). The lowest BCUT2D eigenvalue weighted by Gasteiger charge is -2.14. The SMILES string of the molecule is CCNc1nc(-c2ccc(Cl)cc2CSCC)nc2cc(C(F)(F)F)ccc12. The molecule has 0 bridgehead atoms. The van der Waals surface area contributed by atoms with E-state index in [4.69, 9.17) is 11.6 Å². The van der Waals surface area contributed by atoms with E-state index in [1.54, 1.807) is 17.8 Å². The average molecular weight is 426 g/mol. The molecule has 1 aromatic heterocycles. The number of anilines is 1. The van der Waals surface area contributed by atoms with Gasteiger partial charge < -0.3 is 5.32 Å². The van der Waals surface area contributed by atoms with E-state index in [1.165, 1.54) is 6.07 Å². The van der Waals surface area contributed by atoms with Crippen molar-refractivity contribution in [3.8, 4) is 11.4 Å². The number of benzene rings is 2. The number of hydrogen-bond donors (Lipinski definition) is 1. The van der Waals surface area contributed by atoms with Gasteiger partial charge in [-0.15, -0.1) is 0 Å². The Labute approximate surface area is 170 Å². The fourth-order valence-corrected chi connectivity index (χ4v) is 3.70. The molecule has 0 aliphatic rings. The van der Waals surface area contributed by atoms with Crippen LogP contribution in [0.3, 0.4) is 0 Å². The van der Waals surface area contributed by atoms with Gasteiger partial charge in [0.1, 0.15) is 5.82 Å². The largest absolute Gasteiger partial charge is 0.416 e. The maximum absolute atomic E-state index is 13.2. The van der Waals surface area contributed by atoms with Crippen LogP contribution in [0.25, 0.3) is 22.3 Å². The molecule has 0 saturated carbocycles. The van der Waals surface area contributed by atoms with Crippen LogP contribution >= 0.6 is 23.4 Å². The highest BCUT2D eigenvalue weighted by molar-refractivity contribution is 7.98. The monoisotopic (exact) mass is 425 g/mol. The van der Waals surface area contributed by atoms with Crippen molar-refractivity contribution in [2.24, 2.45) is 0 Å². The first-order valence-electron chi connectivity index (χ1n) is 8.83. The molecule has 28 heavy (non-hydrogen) atoms. The van der Waals surface area contributed by atoms with Crippen molar-refractivity contribution in [1.29, 1.82) is 0 Å². The van der Waals surface area contributed by atoms with Crippen molar-refractivity contribution < 1.29 is 13.2 Å². The van der Waals surface area contributed by atoms with Crippen LogP contribution in [0.5, 0.6) is 0 Å². The molecule has 0 atom stereocenters. The zero-order valence-corrected chi connectivity index (χ0v) is 17.0. The fourth-order valence-electron chi connectivity index (χ4n) is 2.84. The summed E-state index contributed by atoms with van der Waals surface area (Å²) in [7, 11) is 0. The summed E-state index contributed by atoms with van der Waals surface area (Å²) >= 11 is 7.87.